The normalized spacial score (nSPS) is 20.5. The van der Waals surface area contributed by atoms with Crippen molar-refractivity contribution in [2.24, 2.45) is 0 Å². The lowest BCUT2D eigenvalue weighted by molar-refractivity contribution is -0.152. The van der Waals surface area contributed by atoms with E-state index in [1.165, 1.54) is 7.11 Å². The second kappa shape index (κ2) is 7.22. The molecule has 1 aliphatic rings. The maximum Gasteiger partial charge on any atom is 0.260 e. The van der Waals surface area contributed by atoms with Gasteiger partial charge in [-0.2, -0.15) is 12.6 Å². The van der Waals surface area contributed by atoms with Crippen LogP contribution in [0.3, 0.4) is 0 Å². The van der Waals surface area contributed by atoms with Gasteiger partial charge < -0.3 is 14.8 Å². The molecule has 2 atom stereocenters. The number of morpholine rings is 1. The minimum absolute atomic E-state index is 0.268. The number of carbonyl (C=O) groups excluding carboxylic acids is 1. The SMILES string of the molecule is CNC(=O)C(OC)(c1ccccn1)C(S)N1CCOCC1. The Hall–Kier alpha value is -1.15. The summed E-state index contributed by atoms with van der Waals surface area (Å²) in [5.41, 5.74) is -0.727. The highest BCUT2D eigenvalue weighted by Gasteiger charge is 2.49. The average Bonchev–Trinajstić information content (AvgIpc) is 2.57. The summed E-state index contributed by atoms with van der Waals surface area (Å²) in [4.78, 5) is 19.0. The van der Waals surface area contributed by atoms with Crippen LogP contribution in [0, 0.1) is 0 Å². The molecule has 0 radical (unpaired) electrons. The molecule has 0 aromatic carbocycles. The number of rotatable bonds is 5. The Labute approximate surface area is 130 Å². The van der Waals surface area contributed by atoms with Gasteiger partial charge in [0.15, 0.2) is 0 Å². The maximum absolute atomic E-state index is 12.6. The van der Waals surface area contributed by atoms with Crippen molar-refractivity contribution in [3.63, 3.8) is 0 Å². The molecule has 1 N–H and O–H groups in total. The first-order chi connectivity index (χ1) is 10.2. The van der Waals surface area contributed by atoms with Crippen molar-refractivity contribution >= 4 is 18.5 Å². The number of hydrogen-bond acceptors (Lipinski definition) is 6. The monoisotopic (exact) mass is 311 g/mol. The lowest BCUT2D eigenvalue weighted by Crippen LogP contribution is -2.59. The lowest BCUT2D eigenvalue weighted by atomic mass is 9.95. The minimum Gasteiger partial charge on any atom is -0.379 e. The zero-order valence-electron chi connectivity index (χ0n) is 12.3. The van der Waals surface area contributed by atoms with E-state index < -0.39 is 11.0 Å². The van der Waals surface area contributed by atoms with Crippen LogP contribution < -0.4 is 5.32 Å². The number of likely N-dealkylation sites (N-methyl/N-ethyl adjacent to an activating group) is 1. The predicted molar refractivity (Wildman–Crippen MR) is 82.2 cm³/mol. The van der Waals surface area contributed by atoms with Gasteiger partial charge in [0.1, 0.15) is 0 Å². The van der Waals surface area contributed by atoms with E-state index in [0.717, 1.165) is 0 Å². The van der Waals surface area contributed by atoms with Crippen molar-refractivity contribution in [1.29, 1.82) is 0 Å². The van der Waals surface area contributed by atoms with Gasteiger partial charge in [-0.05, 0) is 12.1 Å². The van der Waals surface area contributed by atoms with E-state index in [9.17, 15) is 4.79 Å². The average molecular weight is 311 g/mol. The third kappa shape index (κ3) is 3.06. The molecule has 1 amide bonds. The Balaban J connectivity index is 2.41. The molecule has 6 nitrogen and oxygen atoms in total. The lowest BCUT2D eigenvalue weighted by Gasteiger charge is -2.42. The smallest absolute Gasteiger partial charge is 0.260 e. The largest absolute Gasteiger partial charge is 0.379 e. The van der Waals surface area contributed by atoms with Gasteiger partial charge in [0, 0.05) is 33.4 Å². The summed E-state index contributed by atoms with van der Waals surface area (Å²) in [6, 6.07) is 5.41. The zero-order chi connectivity index (χ0) is 15.3. The molecule has 1 aliphatic heterocycles. The van der Waals surface area contributed by atoms with Crippen LogP contribution in [0.2, 0.25) is 0 Å². The second-order valence-corrected chi connectivity index (χ2v) is 5.25. The van der Waals surface area contributed by atoms with Gasteiger partial charge in [-0.3, -0.25) is 14.7 Å². The van der Waals surface area contributed by atoms with E-state index in [-0.39, 0.29) is 5.91 Å². The Morgan fingerprint density at radius 1 is 1.52 bits per heavy atom. The molecule has 1 aromatic heterocycles. The fourth-order valence-corrected chi connectivity index (χ4v) is 3.10. The van der Waals surface area contributed by atoms with Crippen LogP contribution >= 0.6 is 12.6 Å². The van der Waals surface area contributed by atoms with E-state index in [0.29, 0.717) is 32.0 Å². The molecule has 1 saturated heterocycles. The van der Waals surface area contributed by atoms with Crippen LogP contribution in [0.4, 0.5) is 0 Å². The van der Waals surface area contributed by atoms with Crippen molar-refractivity contribution in [3.8, 4) is 0 Å². The van der Waals surface area contributed by atoms with E-state index in [1.54, 1.807) is 25.4 Å². The maximum atomic E-state index is 12.6. The summed E-state index contributed by atoms with van der Waals surface area (Å²) in [5.74, 6) is -0.268. The summed E-state index contributed by atoms with van der Waals surface area (Å²) in [7, 11) is 3.09. The first-order valence-electron chi connectivity index (χ1n) is 6.85. The van der Waals surface area contributed by atoms with Crippen LogP contribution in [-0.2, 0) is 19.9 Å². The molecule has 1 fully saturated rings. The van der Waals surface area contributed by atoms with Gasteiger partial charge in [0.25, 0.3) is 5.91 Å². The fourth-order valence-electron chi connectivity index (χ4n) is 2.52. The van der Waals surface area contributed by atoms with Crippen molar-refractivity contribution in [2.75, 3.05) is 40.5 Å². The van der Waals surface area contributed by atoms with Crippen LogP contribution in [-0.4, -0.2) is 61.6 Å². The van der Waals surface area contributed by atoms with Crippen molar-refractivity contribution in [3.05, 3.63) is 30.1 Å². The molecule has 2 heterocycles. The molecule has 116 valence electrons. The molecule has 2 unspecified atom stereocenters. The van der Waals surface area contributed by atoms with Gasteiger partial charge in [-0.25, -0.2) is 0 Å². The number of nitrogens with one attached hydrogen (secondary N) is 1. The first-order valence-corrected chi connectivity index (χ1v) is 7.37. The third-order valence-corrected chi connectivity index (χ3v) is 4.38. The molecule has 0 saturated carbocycles. The van der Waals surface area contributed by atoms with Crippen LogP contribution in [0.15, 0.2) is 24.4 Å². The van der Waals surface area contributed by atoms with Gasteiger partial charge in [-0.1, -0.05) is 6.07 Å². The number of carbonyl (C=O) groups is 1. The number of hydrogen-bond donors (Lipinski definition) is 2. The minimum atomic E-state index is -1.27. The van der Waals surface area contributed by atoms with Crippen molar-refractivity contribution in [1.82, 2.24) is 15.2 Å². The summed E-state index contributed by atoms with van der Waals surface area (Å²) >= 11 is 4.68. The standard InChI is InChI=1S/C14H21N3O3S/c1-15-12(18)14(19-2,11-5-3-4-6-16-11)13(21)17-7-9-20-10-8-17/h3-6,13,21H,7-10H2,1-2H3,(H,15,18). The van der Waals surface area contributed by atoms with Crippen molar-refractivity contribution < 1.29 is 14.3 Å². The molecular formula is C14H21N3O3S. The molecule has 0 aliphatic carbocycles. The summed E-state index contributed by atoms with van der Waals surface area (Å²) < 4.78 is 11.0. The van der Waals surface area contributed by atoms with E-state index in [4.69, 9.17) is 9.47 Å². The number of ether oxygens (including phenoxy) is 2. The van der Waals surface area contributed by atoms with Gasteiger partial charge in [-0.15, -0.1) is 0 Å². The molecule has 21 heavy (non-hydrogen) atoms. The third-order valence-electron chi connectivity index (χ3n) is 3.69. The Morgan fingerprint density at radius 2 is 2.24 bits per heavy atom. The predicted octanol–water partition coefficient (Wildman–Crippen LogP) is 0.257. The van der Waals surface area contributed by atoms with Gasteiger partial charge in [0.05, 0.1) is 24.3 Å². The highest BCUT2D eigenvalue weighted by atomic mass is 32.1. The van der Waals surface area contributed by atoms with E-state index >= 15 is 0 Å². The topological polar surface area (TPSA) is 63.7 Å². The molecule has 0 bridgehead atoms. The van der Waals surface area contributed by atoms with Gasteiger partial charge in [0.2, 0.25) is 5.60 Å². The van der Waals surface area contributed by atoms with Crippen molar-refractivity contribution in [2.45, 2.75) is 11.0 Å². The Morgan fingerprint density at radius 3 is 2.76 bits per heavy atom. The molecule has 0 spiro atoms. The zero-order valence-corrected chi connectivity index (χ0v) is 13.2. The van der Waals surface area contributed by atoms with E-state index in [2.05, 4.69) is 27.8 Å². The number of amides is 1. The molecule has 2 rings (SSSR count). The molecule has 7 heteroatoms. The highest BCUT2D eigenvalue weighted by molar-refractivity contribution is 7.81. The Bertz CT molecular complexity index is 468. The van der Waals surface area contributed by atoms with Crippen LogP contribution in [0.25, 0.3) is 0 Å². The first kappa shape index (κ1) is 16.2. The fraction of sp³-hybridized carbons (Fsp3) is 0.571. The van der Waals surface area contributed by atoms with E-state index in [1.807, 2.05) is 6.07 Å². The highest BCUT2D eigenvalue weighted by Crippen LogP contribution is 2.33. The molecule has 1 aromatic rings. The molecular weight excluding hydrogens is 290 g/mol. The number of nitrogens with zero attached hydrogens (tertiary/aromatic N) is 2. The van der Waals surface area contributed by atoms with Crippen LogP contribution in [0.1, 0.15) is 5.69 Å². The quantitative estimate of drug-likeness (QED) is 0.764. The summed E-state index contributed by atoms with van der Waals surface area (Å²) in [6.07, 6.45) is 1.64. The number of pyridine rings is 1. The van der Waals surface area contributed by atoms with Gasteiger partial charge >= 0.3 is 0 Å². The summed E-state index contributed by atoms with van der Waals surface area (Å²) in [5, 5.41) is 2.21. The number of aromatic nitrogens is 1. The number of thiol groups is 1. The summed E-state index contributed by atoms with van der Waals surface area (Å²) in [6.45, 7) is 2.63. The van der Waals surface area contributed by atoms with Crippen LogP contribution in [0.5, 0.6) is 0 Å². The second-order valence-electron chi connectivity index (χ2n) is 4.76. The number of methoxy groups -OCH3 is 1. The Kier molecular flexibility index (Phi) is 5.58.